The van der Waals surface area contributed by atoms with Gasteiger partial charge in [-0.25, -0.2) is 4.98 Å². The van der Waals surface area contributed by atoms with Crippen LogP contribution in [0.2, 0.25) is 10.2 Å². The van der Waals surface area contributed by atoms with Crippen molar-refractivity contribution in [2.75, 3.05) is 0 Å². The van der Waals surface area contributed by atoms with Crippen LogP contribution in [0, 0.1) is 6.92 Å². The van der Waals surface area contributed by atoms with E-state index in [0.717, 1.165) is 26.5 Å². The Morgan fingerprint density at radius 2 is 2.00 bits per heavy atom. The third kappa shape index (κ3) is 2.04. The summed E-state index contributed by atoms with van der Waals surface area (Å²) in [5, 5.41) is 1.98. The van der Waals surface area contributed by atoms with Gasteiger partial charge in [-0.05, 0) is 40.5 Å². The third-order valence-electron chi connectivity index (χ3n) is 2.34. The van der Waals surface area contributed by atoms with Gasteiger partial charge in [0.15, 0.2) is 0 Å². The lowest BCUT2D eigenvalue weighted by atomic mass is 10.1. The fraction of sp³-hybridized carbons (Fsp3) is 0.182. The molecule has 0 saturated carbocycles. The summed E-state index contributed by atoms with van der Waals surface area (Å²) in [6.07, 6.45) is 0. The topological polar surface area (TPSA) is 12.9 Å². The minimum absolute atomic E-state index is 0.323. The predicted molar refractivity (Wildman–Crippen MR) is 73.8 cm³/mol. The van der Waals surface area contributed by atoms with E-state index in [0.29, 0.717) is 16.1 Å². The highest BCUT2D eigenvalue weighted by molar-refractivity contribution is 9.10. The summed E-state index contributed by atoms with van der Waals surface area (Å²) in [5.41, 5.74) is 2.54. The van der Waals surface area contributed by atoms with Crippen LogP contribution in [-0.2, 0) is 5.88 Å². The van der Waals surface area contributed by atoms with Crippen molar-refractivity contribution < 1.29 is 0 Å². The molecule has 0 amide bonds. The zero-order valence-electron chi connectivity index (χ0n) is 8.32. The molecule has 0 saturated heterocycles. The van der Waals surface area contributed by atoms with Crippen LogP contribution in [0.1, 0.15) is 11.1 Å². The second kappa shape index (κ2) is 4.69. The number of hydrogen-bond donors (Lipinski definition) is 0. The lowest BCUT2D eigenvalue weighted by molar-refractivity contribution is 1.29. The molecule has 0 N–H and O–H groups in total. The molecule has 0 aliphatic carbocycles. The number of halogens is 4. The first kappa shape index (κ1) is 12.4. The molecule has 5 heteroatoms. The van der Waals surface area contributed by atoms with Crippen LogP contribution in [0.15, 0.2) is 16.6 Å². The van der Waals surface area contributed by atoms with Crippen molar-refractivity contribution in [3.63, 3.8) is 0 Å². The first-order valence-electron chi connectivity index (χ1n) is 4.54. The molecule has 0 radical (unpaired) electrons. The molecular formula is C11H7BrCl3N. The molecule has 1 aromatic carbocycles. The van der Waals surface area contributed by atoms with E-state index < -0.39 is 0 Å². The average molecular weight is 339 g/mol. The highest BCUT2D eigenvalue weighted by atomic mass is 79.9. The fourth-order valence-corrected chi connectivity index (χ4v) is 2.83. The van der Waals surface area contributed by atoms with Crippen molar-refractivity contribution >= 4 is 61.6 Å². The Balaban J connectivity index is 2.90. The highest BCUT2D eigenvalue weighted by Gasteiger charge is 2.11. The van der Waals surface area contributed by atoms with Gasteiger partial charge in [0.25, 0.3) is 0 Å². The Morgan fingerprint density at radius 3 is 2.62 bits per heavy atom. The minimum atomic E-state index is 0.323. The SMILES string of the molecule is Cc1cc(Br)c2nc(Cl)c(CCl)cc2c1Cl. The van der Waals surface area contributed by atoms with Crippen molar-refractivity contribution in [2.45, 2.75) is 12.8 Å². The Labute approximate surface area is 117 Å². The van der Waals surface area contributed by atoms with E-state index in [1.54, 1.807) is 0 Å². The average Bonchev–Trinajstić information content (AvgIpc) is 2.25. The Bertz CT molecular complexity index is 569. The minimum Gasteiger partial charge on any atom is -0.235 e. The van der Waals surface area contributed by atoms with Crippen LogP contribution in [0.4, 0.5) is 0 Å². The summed E-state index contributed by atoms with van der Waals surface area (Å²) < 4.78 is 0.882. The molecule has 0 fully saturated rings. The number of pyridine rings is 1. The second-order valence-electron chi connectivity index (χ2n) is 3.46. The largest absolute Gasteiger partial charge is 0.235 e. The Kier molecular flexibility index (Phi) is 3.65. The van der Waals surface area contributed by atoms with Gasteiger partial charge in [-0.2, -0.15) is 0 Å². The maximum Gasteiger partial charge on any atom is 0.134 e. The van der Waals surface area contributed by atoms with Crippen molar-refractivity contribution in [3.05, 3.63) is 37.9 Å². The Hall–Kier alpha value is -0.0200. The molecule has 16 heavy (non-hydrogen) atoms. The summed E-state index contributed by atoms with van der Waals surface area (Å²) in [4.78, 5) is 4.30. The van der Waals surface area contributed by atoms with Crippen LogP contribution in [-0.4, -0.2) is 4.98 Å². The van der Waals surface area contributed by atoms with Crippen molar-refractivity contribution in [2.24, 2.45) is 0 Å². The number of rotatable bonds is 1. The van der Waals surface area contributed by atoms with E-state index in [1.807, 2.05) is 19.1 Å². The summed E-state index contributed by atoms with van der Waals surface area (Å²) >= 11 is 21.5. The standard InChI is InChI=1S/C11H7BrCl3N/c1-5-2-8(12)10-7(9(5)14)3-6(4-13)11(15)16-10/h2-3H,4H2,1H3. The quantitative estimate of drug-likeness (QED) is 0.504. The van der Waals surface area contributed by atoms with Gasteiger partial charge in [0.05, 0.1) is 16.4 Å². The lowest BCUT2D eigenvalue weighted by Gasteiger charge is -2.08. The number of hydrogen-bond acceptors (Lipinski definition) is 1. The molecule has 2 aromatic rings. The number of fused-ring (bicyclic) bond motifs is 1. The van der Waals surface area contributed by atoms with E-state index in [9.17, 15) is 0 Å². The smallest absolute Gasteiger partial charge is 0.134 e. The third-order valence-corrected chi connectivity index (χ3v) is 4.07. The fourth-order valence-electron chi connectivity index (χ4n) is 1.51. The predicted octanol–water partition coefficient (Wildman–Crippen LogP) is 5.35. The molecular weight excluding hydrogens is 332 g/mol. The van der Waals surface area contributed by atoms with Crippen LogP contribution < -0.4 is 0 Å². The molecule has 84 valence electrons. The van der Waals surface area contributed by atoms with E-state index >= 15 is 0 Å². The number of nitrogens with zero attached hydrogens (tertiary/aromatic N) is 1. The van der Waals surface area contributed by atoms with Gasteiger partial charge < -0.3 is 0 Å². The second-order valence-corrected chi connectivity index (χ2v) is 5.31. The van der Waals surface area contributed by atoms with Gasteiger partial charge in [-0.15, -0.1) is 11.6 Å². The first-order valence-corrected chi connectivity index (χ1v) is 6.62. The maximum absolute atomic E-state index is 6.23. The number of alkyl halides is 1. The normalized spacial score (nSPS) is 11.1. The maximum atomic E-state index is 6.23. The summed E-state index contributed by atoms with van der Waals surface area (Å²) in [6, 6.07) is 3.81. The van der Waals surface area contributed by atoms with Crippen LogP contribution in [0.25, 0.3) is 10.9 Å². The van der Waals surface area contributed by atoms with E-state index in [4.69, 9.17) is 34.8 Å². The molecule has 1 nitrogen and oxygen atoms in total. The van der Waals surface area contributed by atoms with E-state index in [2.05, 4.69) is 20.9 Å². The molecule has 1 aromatic heterocycles. The monoisotopic (exact) mass is 337 g/mol. The van der Waals surface area contributed by atoms with Gasteiger partial charge in [-0.1, -0.05) is 23.2 Å². The number of benzene rings is 1. The Morgan fingerprint density at radius 1 is 1.31 bits per heavy atom. The summed E-state index contributed by atoms with van der Waals surface area (Å²) in [6.45, 7) is 1.95. The van der Waals surface area contributed by atoms with E-state index in [1.165, 1.54) is 0 Å². The molecule has 0 spiro atoms. The van der Waals surface area contributed by atoms with Crippen molar-refractivity contribution in [3.8, 4) is 0 Å². The molecule has 1 heterocycles. The van der Waals surface area contributed by atoms with Gasteiger partial charge in [0.1, 0.15) is 5.15 Å². The molecule has 0 unspecified atom stereocenters. The van der Waals surface area contributed by atoms with Crippen molar-refractivity contribution in [1.82, 2.24) is 4.98 Å². The number of aryl methyl sites for hydroxylation is 1. The van der Waals surface area contributed by atoms with Gasteiger partial charge in [0, 0.05) is 15.4 Å². The van der Waals surface area contributed by atoms with Gasteiger partial charge in [-0.3, -0.25) is 0 Å². The summed E-state index contributed by atoms with van der Waals surface area (Å²) in [5.74, 6) is 0.323. The molecule has 0 bridgehead atoms. The molecule has 0 atom stereocenters. The molecule has 2 rings (SSSR count). The zero-order chi connectivity index (χ0) is 11.9. The van der Waals surface area contributed by atoms with E-state index in [-0.39, 0.29) is 0 Å². The van der Waals surface area contributed by atoms with Crippen LogP contribution in [0.3, 0.4) is 0 Å². The van der Waals surface area contributed by atoms with Crippen LogP contribution in [0.5, 0.6) is 0 Å². The zero-order valence-corrected chi connectivity index (χ0v) is 12.2. The molecule has 0 aliphatic rings. The van der Waals surface area contributed by atoms with Crippen molar-refractivity contribution in [1.29, 1.82) is 0 Å². The first-order chi connectivity index (χ1) is 7.54. The highest BCUT2D eigenvalue weighted by Crippen LogP contribution is 2.34. The molecule has 0 aliphatic heterocycles. The van der Waals surface area contributed by atoms with Gasteiger partial charge in [0.2, 0.25) is 0 Å². The van der Waals surface area contributed by atoms with Gasteiger partial charge >= 0.3 is 0 Å². The van der Waals surface area contributed by atoms with Crippen LogP contribution >= 0.6 is 50.7 Å². The lowest BCUT2D eigenvalue weighted by Crippen LogP contribution is -1.90. The number of aromatic nitrogens is 1. The summed E-state index contributed by atoms with van der Waals surface area (Å²) in [7, 11) is 0.